The van der Waals surface area contributed by atoms with E-state index in [1.807, 2.05) is 6.92 Å². The molecule has 0 radical (unpaired) electrons. The molecule has 1 rings (SSSR count). The van der Waals surface area contributed by atoms with Gasteiger partial charge < -0.3 is 14.6 Å². The van der Waals surface area contributed by atoms with Crippen molar-refractivity contribution >= 4 is 5.97 Å². The molecule has 0 saturated carbocycles. The first-order valence-corrected chi connectivity index (χ1v) is 5.17. The highest BCUT2D eigenvalue weighted by Gasteiger charge is 2.10. The van der Waals surface area contributed by atoms with Gasteiger partial charge in [-0.05, 0) is 37.1 Å². The number of benzene rings is 1. The molecule has 4 nitrogen and oxygen atoms in total. The van der Waals surface area contributed by atoms with E-state index in [9.17, 15) is 4.79 Å². The maximum atomic E-state index is 11.4. The first-order chi connectivity index (χ1) is 8.08. The van der Waals surface area contributed by atoms with Crippen molar-refractivity contribution in [1.29, 1.82) is 0 Å². The quantitative estimate of drug-likeness (QED) is 0.482. The normalized spacial score (nSPS) is 9.82. The van der Waals surface area contributed by atoms with Gasteiger partial charge in [-0.15, -0.1) is 0 Å². The van der Waals surface area contributed by atoms with Crippen LogP contribution >= 0.6 is 0 Å². The van der Waals surface area contributed by atoms with Crippen LogP contribution in [0.25, 0.3) is 0 Å². The van der Waals surface area contributed by atoms with Crippen molar-refractivity contribution in [2.24, 2.45) is 0 Å². The summed E-state index contributed by atoms with van der Waals surface area (Å²) in [5.41, 5.74) is 2.19. The smallest absolute Gasteiger partial charge is 0.337 e. The molecule has 0 aromatic heterocycles. The molecule has 1 N–H and O–H groups in total. The van der Waals surface area contributed by atoms with E-state index in [1.54, 1.807) is 18.2 Å². The van der Waals surface area contributed by atoms with Crippen LogP contribution in [0.3, 0.4) is 0 Å². The van der Waals surface area contributed by atoms with Crippen LogP contribution in [-0.2, 0) is 11.2 Å². The molecule has 0 bridgehead atoms. The van der Waals surface area contributed by atoms with Crippen molar-refractivity contribution in [1.82, 2.24) is 0 Å². The first-order valence-electron chi connectivity index (χ1n) is 5.17. The van der Waals surface area contributed by atoms with Crippen molar-refractivity contribution in [3.05, 3.63) is 41.5 Å². The van der Waals surface area contributed by atoms with E-state index in [1.165, 1.54) is 7.11 Å². The maximum absolute atomic E-state index is 11.4. The van der Waals surface area contributed by atoms with Crippen molar-refractivity contribution in [3.8, 4) is 5.75 Å². The van der Waals surface area contributed by atoms with E-state index in [-0.39, 0.29) is 0 Å². The zero-order valence-electron chi connectivity index (χ0n) is 10.0. The summed E-state index contributed by atoms with van der Waals surface area (Å²) in [6.07, 6.45) is 0.583. The molecule has 17 heavy (non-hydrogen) atoms. The minimum absolute atomic E-state index is 0.400. The molecular formula is C13H16O4. The van der Waals surface area contributed by atoms with E-state index < -0.39 is 12.8 Å². The second-order valence-corrected chi connectivity index (χ2v) is 3.72. The summed E-state index contributed by atoms with van der Waals surface area (Å²) in [6, 6.07) is 4.92. The Kier molecular flexibility index (Phi) is 4.72. The van der Waals surface area contributed by atoms with Crippen LogP contribution in [0.1, 0.15) is 22.8 Å². The Balaban J connectivity index is 3.09. The maximum Gasteiger partial charge on any atom is 0.337 e. The van der Waals surface area contributed by atoms with Gasteiger partial charge in [0.1, 0.15) is 5.75 Å². The number of rotatable bonds is 5. The number of carbonyl (C=O) groups is 1. The van der Waals surface area contributed by atoms with Gasteiger partial charge in [0.05, 0.1) is 12.7 Å². The summed E-state index contributed by atoms with van der Waals surface area (Å²) in [5, 5.41) is 8.77. The molecule has 0 aliphatic rings. The minimum atomic E-state index is -0.402. The average Bonchev–Trinajstić information content (AvgIpc) is 2.30. The lowest BCUT2D eigenvalue weighted by molar-refractivity contribution is 0.0600. The average molecular weight is 236 g/mol. The van der Waals surface area contributed by atoms with Crippen LogP contribution in [0.5, 0.6) is 5.75 Å². The number of methoxy groups -OCH3 is 1. The fraction of sp³-hybridized carbons (Fsp3) is 0.308. The van der Waals surface area contributed by atoms with Crippen LogP contribution in [0, 0.1) is 0 Å². The summed E-state index contributed by atoms with van der Waals surface area (Å²) in [6.45, 7) is 5.29. The number of ether oxygens (including phenoxy) is 2. The molecule has 92 valence electrons. The molecule has 4 heteroatoms. The second kappa shape index (κ2) is 6.06. The van der Waals surface area contributed by atoms with Crippen molar-refractivity contribution in [2.45, 2.75) is 13.3 Å². The lowest BCUT2D eigenvalue weighted by Crippen LogP contribution is -2.05. The highest BCUT2D eigenvalue weighted by molar-refractivity contribution is 5.89. The van der Waals surface area contributed by atoms with E-state index in [4.69, 9.17) is 9.84 Å². The first kappa shape index (κ1) is 13.3. The van der Waals surface area contributed by atoms with Crippen LogP contribution in [-0.4, -0.2) is 25.0 Å². The van der Waals surface area contributed by atoms with Crippen molar-refractivity contribution < 1.29 is 19.4 Å². The number of carbonyl (C=O) groups excluding carboxylic acids is 1. The molecule has 1 aromatic carbocycles. The van der Waals surface area contributed by atoms with Gasteiger partial charge in [0.25, 0.3) is 0 Å². The highest BCUT2D eigenvalue weighted by atomic mass is 16.6. The largest absolute Gasteiger partial charge is 0.467 e. The Morgan fingerprint density at radius 2 is 2.18 bits per heavy atom. The Labute approximate surface area is 100 Å². The molecule has 0 spiro atoms. The highest BCUT2D eigenvalue weighted by Crippen LogP contribution is 2.23. The summed E-state index contributed by atoms with van der Waals surface area (Å²) in [7, 11) is 1.33. The third-order valence-electron chi connectivity index (χ3n) is 2.19. The molecule has 0 heterocycles. The Bertz CT molecular complexity index is 423. The predicted molar refractivity (Wildman–Crippen MR) is 64.0 cm³/mol. The lowest BCUT2D eigenvalue weighted by Gasteiger charge is -2.11. The lowest BCUT2D eigenvalue weighted by atomic mass is 10.0. The predicted octanol–water partition coefficient (Wildman–Crippen LogP) is 1.92. The number of aliphatic hydroxyl groups is 1. The monoisotopic (exact) mass is 236 g/mol. The third kappa shape index (κ3) is 3.60. The number of aliphatic hydroxyl groups excluding tert-OH is 1. The van der Waals surface area contributed by atoms with Crippen molar-refractivity contribution in [2.75, 3.05) is 13.9 Å². The SMILES string of the molecule is C=C(C)Cc1cc(C(=O)OC)ccc1OCO. The molecule has 0 atom stereocenters. The van der Waals surface area contributed by atoms with E-state index in [2.05, 4.69) is 11.3 Å². The molecule has 1 aromatic rings. The summed E-state index contributed by atoms with van der Waals surface area (Å²) < 4.78 is 9.71. The molecule has 0 saturated heterocycles. The second-order valence-electron chi connectivity index (χ2n) is 3.72. The fourth-order valence-electron chi connectivity index (χ4n) is 1.50. The van der Waals surface area contributed by atoms with E-state index in [0.29, 0.717) is 17.7 Å². The Morgan fingerprint density at radius 3 is 2.71 bits per heavy atom. The van der Waals surface area contributed by atoms with E-state index in [0.717, 1.165) is 11.1 Å². The number of hydrogen-bond donors (Lipinski definition) is 1. The topological polar surface area (TPSA) is 55.8 Å². The van der Waals surface area contributed by atoms with Crippen LogP contribution in [0.15, 0.2) is 30.4 Å². The Morgan fingerprint density at radius 1 is 1.47 bits per heavy atom. The number of allylic oxidation sites excluding steroid dienone is 1. The van der Waals surface area contributed by atoms with Crippen LogP contribution < -0.4 is 4.74 Å². The van der Waals surface area contributed by atoms with Crippen molar-refractivity contribution in [3.63, 3.8) is 0 Å². The minimum Gasteiger partial charge on any atom is -0.467 e. The Hall–Kier alpha value is -1.81. The van der Waals surface area contributed by atoms with Crippen LogP contribution in [0.2, 0.25) is 0 Å². The van der Waals surface area contributed by atoms with Gasteiger partial charge in [-0.25, -0.2) is 4.79 Å². The zero-order valence-corrected chi connectivity index (χ0v) is 10.0. The molecule has 0 aliphatic heterocycles. The molecule has 0 aliphatic carbocycles. The number of esters is 1. The van der Waals surface area contributed by atoms with Gasteiger partial charge in [0, 0.05) is 0 Å². The summed E-state index contributed by atoms with van der Waals surface area (Å²) in [4.78, 5) is 11.4. The van der Waals surface area contributed by atoms with Gasteiger partial charge in [0.2, 0.25) is 0 Å². The number of hydrogen-bond acceptors (Lipinski definition) is 4. The molecule has 0 unspecified atom stereocenters. The van der Waals surface area contributed by atoms with Gasteiger partial charge in [0.15, 0.2) is 6.79 Å². The van der Waals surface area contributed by atoms with E-state index >= 15 is 0 Å². The van der Waals surface area contributed by atoms with Gasteiger partial charge in [-0.3, -0.25) is 0 Å². The molecular weight excluding hydrogens is 220 g/mol. The summed E-state index contributed by atoms with van der Waals surface area (Å²) in [5.74, 6) is 0.145. The standard InChI is InChI=1S/C13H16O4/c1-9(2)6-11-7-10(13(15)16-3)4-5-12(11)17-8-14/h4-5,7,14H,1,6,8H2,2-3H3. The zero-order chi connectivity index (χ0) is 12.8. The van der Waals surface area contributed by atoms with Gasteiger partial charge in [-0.1, -0.05) is 12.2 Å². The fourth-order valence-corrected chi connectivity index (χ4v) is 1.50. The third-order valence-corrected chi connectivity index (χ3v) is 2.19. The summed E-state index contributed by atoms with van der Waals surface area (Å²) >= 11 is 0. The molecule has 0 amide bonds. The molecule has 0 fully saturated rings. The van der Waals surface area contributed by atoms with Crippen LogP contribution in [0.4, 0.5) is 0 Å². The van der Waals surface area contributed by atoms with Gasteiger partial charge >= 0.3 is 5.97 Å². The van der Waals surface area contributed by atoms with Gasteiger partial charge in [-0.2, -0.15) is 0 Å².